The standard InChI is InChI=1S/C9H9ClO/c10-7-2-3-8-6(5-7)1-4-9(8)11/h2-3,5,9,11H,1,4H2/t9-/m0/s1. The fourth-order valence-electron chi connectivity index (χ4n) is 1.56. The fraction of sp³-hybridized carbons (Fsp3) is 0.333. The molecule has 0 bridgehead atoms. The van der Waals surface area contributed by atoms with E-state index >= 15 is 0 Å². The smallest absolute Gasteiger partial charge is 0.0795 e. The van der Waals surface area contributed by atoms with E-state index in [0.717, 1.165) is 23.4 Å². The third kappa shape index (κ3) is 1.15. The first kappa shape index (κ1) is 7.14. The number of aryl methyl sites for hydroxylation is 1. The Morgan fingerprint density at radius 1 is 1.45 bits per heavy atom. The predicted molar refractivity (Wildman–Crippen MR) is 44.7 cm³/mol. The number of hydrogen-bond donors (Lipinski definition) is 1. The highest BCUT2D eigenvalue weighted by atomic mass is 35.5. The Hall–Kier alpha value is -0.530. The van der Waals surface area contributed by atoms with Gasteiger partial charge in [0.25, 0.3) is 0 Å². The lowest BCUT2D eigenvalue weighted by Crippen LogP contribution is -1.88. The van der Waals surface area contributed by atoms with E-state index in [0.29, 0.717) is 0 Å². The molecule has 1 aliphatic rings. The molecule has 0 spiro atoms. The van der Waals surface area contributed by atoms with Crippen LogP contribution >= 0.6 is 11.6 Å². The molecule has 2 heteroatoms. The summed E-state index contributed by atoms with van der Waals surface area (Å²) in [5.41, 5.74) is 2.25. The minimum Gasteiger partial charge on any atom is -0.388 e. The van der Waals surface area contributed by atoms with E-state index in [9.17, 15) is 5.11 Å². The minimum absolute atomic E-state index is 0.262. The van der Waals surface area contributed by atoms with Gasteiger partial charge in [-0.25, -0.2) is 0 Å². The lowest BCUT2D eigenvalue weighted by molar-refractivity contribution is 0.180. The highest BCUT2D eigenvalue weighted by Gasteiger charge is 2.19. The van der Waals surface area contributed by atoms with Crippen LogP contribution in [0.2, 0.25) is 5.02 Å². The van der Waals surface area contributed by atoms with Crippen molar-refractivity contribution in [2.24, 2.45) is 0 Å². The average Bonchev–Trinajstić information content (AvgIpc) is 2.32. The van der Waals surface area contributed by atoms with Crippen molar-refractivity contribution in [1.29, 1.82) is 0 Å². The molecular weight excluding hydrogens is 160 g/mol. The molecule has 1 nitrogen and oxygen atoms in total. The van der Waals surface area contributed by atoms with E-state index in [2.05, 4.69) is 0 Å². The quantitative estimate of drug-likeness (QED) is 0.631. The normalized spacial score (nSPS) is 21.8. The third-order valence-corrected chi connectivity index (χ3v) is 2.39. The van der Waals surface area contributed by atoms with Gasteiger partial charge in [-0.1, -0.05) is 17.7 Å². The van der Waals surface area contributed by atoms with Crippen molar-refractivity contribution in [1.82, 2.24) is 0 Å². The van der Waals surface area contributed by atoms with Crippen LogP contribution < -0.4 is 0 Å². The molecule has 1 atom stereocenters. The van der Waals surface area contributed by atoms with Crippen molar-refractivity contribution in [2.45, 2.75) is 18.9 Å². The Kier molecular flexibility index (Phi) is 1.63. The van der Waals surface area contributed by atoms with Crippen LogP contribution in [0.1, 0.15) is 23.7 Å². The largest absolute Gasteiger partial charge is 0.388 e. The maximum absolute atomic E-state index is 9.43. The molecule has 0 radical (unpaired) electrons. The fourth-order valence-corrected chi connectivity index (χ4v) is 1.76. The van der Waals surface area contributed by atoms with Crippen LogP contribution in [0.15, 0.2) is 18.2 Å². The van der Waals surface area contributed by atoms with Crippen molar-refractivity contribution < 1.29 is 5.11 Å². The SMILES string of the molecule is O[C@H]1CCc2cc(Cl)ccc21. The van der Waals surface area contributed by atoms with Crippen LogP contribution in [-0.2, 0) is 6.42 Å². The number of benzene rings is 1. The van der Waals surface area contributed by atoms with Gasteiger partial charge in [0.2, 0.25) is 0 Å². The summed E-state index contributed by atoms with van der Waals surface area (Å²) in [7, 11) is 0. The van der Waals surface area contributed by atoms with Crippen LogP contribution in [0, 0.1) is 0 Å². The average molecular weight is 169 g/mol. The summed E-state index contributed by atoms with van der Waals surface area (Å²) in [6, 6.07) is 5.68. The van der Waals surface area contributed by atoms with E-state index in [1.807, 2.05) is 18.2 Å². The van der Waals surface area contributed by atoms with Crippen molar-refractivity contribution in [3.8, 4) is 0 Å². The molecule has 11 heavy (non-hydrogen) atoms. The van der Waals surface area contributed by atoms with Gasteiger partial charge in [-0.2, -0.15) is 0 Å². The first-order valence-electron chi connectivity index (χ1n) is 3.74. The first-order valence-corrected chi connectivity index (χ1v) is 4.11. The molecule has 1 aliphatic carbocycles. The van der Waals surface area contributed by atoms with Crippen molar-refractivity contribution in [3.05, 3.63) is 34.3 Å². The van der Waals surface area contributed by atoms with Crippen molar-refractivity contribution in [3.63, 3.8) is 0 Å². The summed E-state index contributed by atoms with van der Waals surface area (Å²) in [5, 5.41) is 10.2. The molecular formula is C9H9ClO. The second kappa shape index (κ2) is 2.50. The van der Waals surface area contributed by atoms with Gasteiger partial charge in [-0.15, -0.1) is 0 Å². The summed E-state index contributed by atoms with van der Waals surface area (Å²) in [4.78, 5) is 0. The van der Waals surface area contributed by atoms with Gasteiger partial charge in [-0.3, -0.25) is 0 Å². The highest BCUT2D eigenvalue weighted by molar-refractivity contribution is 6.30. The molecule has 0 saturated carbocycles. The van der Waals surface area contributed by atoms with Crippen LogP contribution in [-0.4, -0.2) is 5.11 Å². The molecule has 2 rings (SSSR count). The molecule has 0 unspecified atom stereocenters. The molecule has 0 aromatic heterocycles. The van der Waals surface area contributed by atoms with Crippen molar-refractivity contribution >= 4 is 11.6 Å². The maximum Gasteiger partial charge on any atom is 0.0795 e. The van der Waals surface area contributed by atoms with Crippen LogP contribution in [0.5, 0.6) is 0 Å². The summed E-state index contributed by atoms with van der Waals surface area (Å²) >= 11 is 5.79. The van der Waals surface area contributed by atoms with E-state index < -0.39 is 0 Å². The molecule has 1 aromatic rings. The third-order valence-electron chi connectivity index (χ3n) is 2.15. The molecule has 0 fully saturated rings. The minimum atomic E-state index is -0.262. The summed E-state index contributed by atoms with van der Waals surface area (Å²) in [6.07, 6.45) is 1.54. The molecule has 58 valence electrons. The Morgan fingerprint density at radius 3 is 3.09 bits per heavy atom. The summed E-state index contributed by atoms with van der Waals surface area (Å²) < 4.78 is 0. The Balaban J connectivity index is 2.50. The number of halogens is 1. The van der Waals surface area contributed by atoms with Crippen molar-refractivity contribution in [2.75, 3.05) is 0 Å². The van der Waals surface area contributed by atoms with Crippen LogP contribution in [0.3, 0.4) is 0 Å². The second-order valence-corrected chi connectivity index (χ2v) is 3.33. The first-order chi connectivity index (χ1) is 5.27. The van der Waals surface area contributed by atoms with Gasteiger partial charge < -0.3 is 5.11 Å². The van der Waals surface area contributed by atoms with Gasteiger partial charge in [0.15, 0.2) is 0 Å². The van der Waals surface area contributed by atoms with E-state index in [1.54, 1.807) is 0 Å². The number of aliphatic hydroxyl groups is 1. The molecule has 0 aliphatic heterocycles. The zero-order chi connectivity index (χ0) is 7.84. The molecule has 1 N–H and O–H groups in total. The Morgan fingerprint density at radius 2 is 2.27 bits per heavy atom. The topological polar surface area (TPSA) is 20.2 Å². The van der Waals surface area contributed by atoms with Gasteiger partial charge in [0, 0.05) is 5.02 Å². The maximum atomic E-state index is 9.43. The molecule has 0 heterocycles. The summed E-state index contributed by atoms with van der Waals surface area (Å²) in [5.74, 6) is 0. The molecule has 1 aromatic carbocycles. The Bertz CT molecular complexity index is 283. The number of aliphatic hydroxyl groups excluding tert-OH is 1. The number of rotatable bonds is 0. The van der Waals surface area contributed by atoms with Gasteiger partial charge in [0.05, 0.1) is 6.10 Å². The van der Waals surface area contributed by atoms with E-state index in [-0.39, 0.29) is 6.10 Å². The Labute approximate surface area is 70.6 Å². The van der Waals surface area contributed by atoms with Gasteiger partial charge >= 0.3 is 0 Å². The van der Waals surface area contributed by atoms with Gasteiger partial charge in [-0.05, 0) is 36.1 Å². The lowest BCUT2D eigenvalue weighted by Gasteiger charge is -2.02. The lowest BCUT2D eigenvalue weighted by atomic mass is 10.1. The zero-order valence-corrected chi connectivity index (χ0v) is 6.80. The zero-order valence-electron chi connectivity index (χ0n) is 6.05. The van der Waals surface area contributed by atoms with E-state index in [1.165, 1.54) is 5.56 Å². The highest BCUT2D eigenvalue weighted by Crippen LogP contribution is 2.32. The molecule has 0 saturated heterocycles. The molecule has 0 amide bonds. The summed E-state index contributed by atoms with van der Waals surface area (Å²) in [6.45, 7) is 0. The van der Waals surface area contributed by atoms with E-state index in [4.69, 9.17) is 11.6 Å². The monoisotopic (exact) mass is 168 g/mol. The van der Waals surface area contributed by atoms with Crippen LogP contribution in [0.25, 0.3) is 0 Å². The number of hydrogen-bond acceptors (Lipinski definition) is 1. The second-order valence-electron chi connectivity index (χ2n) is 2.90. The number of fused-ring (bicyclic) bond motifs is 1. The van der Waals surface area contributed by atoms with Crippen LogP contribution in [0.4, 0.5) is 0 Å². The van der Waals surface area contributed by atoms with Gasteiger partial charge in [0.1, 0.15) is 0 Å². The predicted octanol–water partition coefficient (Wildman–Crippen LogP) is 2.32.